The molecule has 0 aliphatic heterocycles. The van der Waals surface area contributed by atoms with Gasteiger partial charge >= 0.3 is 76.9 Å². The molecule has 1 aliphatic rings. The molecule has 0 radical (unpaired) electrons. The van der Waals surface area contributed by atoms with Crippen molar-refractivity contribution in [1.82, 2.24) is 0 Å². The van der Waals surface area contributed by atoms with Crippen molar-refractivity contribution in [3.63, 3.8) is 0 Å². The molecule has 0 amide bonds. The molecule has 1 rings (SSSR count). The number of hydrogen-bond donors (Lipinski definition) is 0. The Morgan fingerprint density at radius 3 is 2.08 bits per heavy atom. The second-order valence-electron chi connectivity index (χ2n) is 2.68. The summed E-state index contributed by atoms with van der Waals surface area (Å²) in [7, 11) is 0. The van der Waals surface area contributed by atoms with Crippen molar-refractivity contribution in [3.8, 4) is 0 Å². The predicted molar refractivity (Wildman–Crippen MR) is 44.9 cm³/mol. The van der Waals surface area contributed by atoms with E-state index in [9.17, 15) is 14.4 Å². The van der Waals surface area contributed by atoms with Crippen LogP contribution in [0.25, 0.3) is 0 Å². The van der Waals surface area contributed by atoms with Crippen LogP contribution < -0.4 is 0 Å². The molecule has 0 aromatic carbocycles. The minimum atomic E-state index is -4.29. The Kier molecular flexibility index (Phi) is 2.88. The van der Waals surface area contributed by atoms with Gasteiger partial charge in [0, 0.05) is 0 Å². The van der Waals surface area contributed by atoms with E-state index in [2.05, 4.69) is 0 Å². The summed E-state index contributed by atoms with van der Waals surface area (Å²) in [5.74, 6) is 0. The van der Waals surface area contributed by atoms with E-state index < -0.39 is 14.7 Å². The van der Waals surface area contributed by atoms with Gasteiger partial charge in [-0.2, -0.15) is 0 Å². The van der Waals surface area contributed by atoms with Crippen molar-refractivity contribution in [1.29, 1.82) is 0 Å². The van der Waals surface area contributed by atoms with Crippen LogP contribution in [0.5, 0.6) is 0 Å². The number of carbonyl (C=O) groups excluding carboxylic acids is 3. The van der Waals surface area contributed by atoms with Gasteiger partial charge in [0.2, 0.25) is 0 Å². The third-order valence-electron chi connectivity index (χ3n) is 1.95. The average molecular weight is 348 g/mol. The zero-order chi connectivity index (χ0) is 9.90. The number of rotatable bonds is 1. The topological polar surface area (TPSA) is 51.2 Å². The Balaban J connectivity index is 3.80. The van der Waals surface area contributed by atoms with E-state index in [1.165, 1.54) is 0 Å². The van der Waals surface area contributed by atoms with Gasteiger partial charge < -0.3 is 0 Å². The quantitative estimate of drug-likeness (QED) is 0.686. The van der Waals surface area contributed by atoms with Crippen LogP contribution in [0.15, 0.2) is 21.7 Å². The molecule has 13 heavy (non-hydrogen) atoms. The van der Waals surface area contributed by atoms with Gasteiger partial charge in [-0.15, -0.1) is 0 Å². The van der Waals surface area contributed by atoms with Gasteiger partial charge in [-0.3, -0.25) is 0 Å². The van der Waals surface area contributed by atoms with Gasteiger partial charge in [-0.25, -0.2) is 0 Å². The van der Waals surface area contributed by atoms with E-state index in [1.807, 2.05) is 6.08 Å². The van der Waals surface area contributed by atoms with Crippen LogP contribution in [-0.4, -0.2) is 12.8 Å². The zero-order valence-electron chi connectivity index (χ0n) is 7.03. The van der Waals surface area contributed by atoms with Gasteiger partial charge in [-0.05, 0) is 0 Å². The first-order valence-corrected chi connectivity index (χ1v) is 10.1. The van der Waals surface area contributed by atoms with Crippen LogP contribution in [0, 0.1) is 0 Å². The SMILES string of the molecule is CC1=[C]([WH](=[C]=O)(=[C]=O)=[C]=O)CC=C1. The van der Waals surface area contributed by atoms with E-state index in [0.717, 1.165) is 5.57 Å². The summed E-state index contributed by atoms with van der Waals surface area (Å²) in [6, 6.07) is 0. The second-order valence-corrected chi connectivity index (χ2v) is 11.4. The Morgan fingerprint density at radius 1 is 1.23 bits per heavy atom. The fourth-order valence-electron chi connectivity index (χ4n) is 1.23. The Labute approximate surface area is 77.1 Å². The molecule has 3 nitrogen and oxygen atoms in total. The molecule has 1 aliphatic carbocycles. The first kappa shape index (κ1) is 9.99. The van der Waals surface area contributed by atoms with Crippen molar-refractivity contribution in [3.05, 3.63) is 21.7 Å². The molecular weight excluding hydrogens is 340 g/mol. The Morgan fingerprint density at radius 2 is 1.77 bits per heavy atom. The molecule has 0 bridgehead atoms. The average Bonchev–Trinajstić information content (AvgIpc) is 2.57. The molecule has 0 aromatic rings. The van der Waals surface area contributed by atoms with Crippen molar-refractivity contribution >= 4 is 12.8 Å². The summed E-state index contributed by atoms with van der Waals surface area (Å²) in [6.45, 7) is 1.78. The molecule has 68 valence electrons. The molecular formula is C9H8O3W. The van der Waals surface area contributed by atoms with Crippen LogP contribution in [0.4, 0.5) is 0 Å². The predicted octanol–water partition coefficient (Wildman–Crippen LogP) is 0.308. The molecule has 0 fully saturated rings. The fourth-order valence-corrected chi connectivity index (χ4v) is 6.35. The standard InChI is InChI=1S/C6H7.3CO.W.H/c1-6-4-2-3-5-6;3*1-2;;/h2,4H,3H2,1H3;;;;;. The molecule has 0 atom stereocenters. The Hall–Kier alpha value is -1.09. The molecule has 0 saturated heterocycles. The molecule has 0 saturated carbocycles. The van der Waals surface area contributed by atoms with Gasteiger partial charge in [0.25, 0.3) is 0 Å². The van der Waals surface area contributed by atoms with Gasteiger partial charge in [0.15, 0.2) is 0 Å². The fraction of sp³-hybridized carbons (Fsp3) is 0.222. The summed E-state index contributed by atoms with van der Waals surface area (Å²) >= 11 is -4.29. The molecule has 0 spiro atoms. The molecule has 0 unspecified atom stereocenters. The van der Waals surface area contributed by atoms with E-state index in [-0.39, 0.29) is 0 Å². The summed E-state index contributed by atoms with van der Waals surface area (Å²) in [5, 5.41) is 0. The van der Waals surface area contributed by atoms with E-state index >= 15 is 0 Å². The molecule has 0 heterocycles. The van der Waals surface area contributed by atoms with Gasteiger partial charge in [0.05, 0.1) is 0 Å². The molecule has 4 heteroatoms. The van der Waals surface area contributed by atoms with Crippen LogP contribution in [0.2, 0.25) is 0 Å². The van der Waals surface area contributed by atoms with Crippen molar-refractivity contribution in [2.24, 2.45) is 0 Å². The van der Waals surface area contributed by atoms with Gasteiger partial charge in [-0.1, -0.05) is 0 Å². The maximum absolute atomic E-state index is 10.6. The van der Waals surface area contributed by atoms with E-state index in [4.69, 9.17) is 0 Å². The summed E-state index contributed by atoms with van der Waals surface area (Å²) in [4.78, 5) is 31.8. The third-order valence-corrected chi connectivity index (χ3v) is 9.73. The van der Waals surface area contributed by atoms with Crippen molar-refractivity contribution in [2.45, 2.75) is 13.3 Å². The second kappa shape index (κ2) is 3.75. The van der Waals surface area contributed by atoms with Crippen molar-refractivity contribution in [2.75, 3.05) is 0 Å². The summed E-state index contributed by atoms with van der Waals surface area (Å²) in [5.41, 5.74) is 0.827. The Bertz CT molecular complexity index is 499. The first-order valence-electron chi connectivity index (χ1n) is 3.64. The number of allylic oxidation sites excluding steroid dienone is 4. The minimum absolute atomic E-state index is 0.504. The summed E-state index contributed by atoms with van der Waals surface area (Å²) < 4.78 is 5.46. The zero-order valence-corrected chi connectivity index (χ0v) is 10.2. The number of hydrogen-bond acceptors (Lipinski definition) is 3. The monoisotopic (exact) mass is 348 g/mol. The molecule has 0 aromatic heterocycles. The van der Waals surface area contributed by atoms with Crippen LogP contribution in [0.1, 0.15) is 13.3 Å². The summed E-state index contributed by atoms with van der Waals surface area (Å²) in [6.07, 6.45) is 4.13. The van der Waals surface area contributed by atoms with Crippen LogP contribution >= 0.6 is 0 Å². The third kappa shape index (κ3) is 1.51. The van der Waals surface area contributed by atoms with E-state index in [0.29, 0.717) is 10.4 Å². The van der Waals surface area contributed by atoms with Crippen molar-refractivity contribution < 1.29 is 29.1 Å². The maximum atomic E-state index is 10.6. The van der Waals surface area contributed by atoms with Crippen LogP contribution in [0.3, 0.4) is 0 Å². The van der Waals surface area contributed by atoms with E-state index in [1.54, 1.807) is 25.8 Å². The molecule has 0 N–H and O–H groups in total. The van der Waals surface area contributed by atoms with Crippen LogP contribution in [-0.2, 0) is 29.1 Å². The normalized spacial score (nSPS) is 15.2. The van der Waals surface area contributed by atoms with Gasteiger partial charge in [0.1, 0.15) is 0 Å². The first-order chi connectivity index (χ1) is 6.20.